The first-order chi connectivity index (χ1) is 7.22. The quantitative estimate of drug-likeness (QED) is 0.706. The fraction of sp³-hybridized carbons (Fsp3) is 0.800. The molecule has 0 saturated heterocycles. The van der Waals surface area contributed by atoms with Crippen molar-refractivity contribution in [2.45, 2.75) is 39.7 Å². The van der Waals surface area contributed by atoms with Crippen molar-refractivity contribution in [3.63, 3.8) is 0 Å². The summed E-state index contributed by atoms with van der Waals surface area (Å²) in [5.41, 5.74) is 0. The van der Waals surface area contributed by atoms with Gasteiger partial charge in [0.05, 0.1) is 0 Å². The lowest BCUT2D eigenvalue weighted by atomic mass is 10.2. The van der Waals surface area contributed by atoms with E-state index in [1.165, 1.54) is 0 Å². The number of hydrogen-bond acceptors (Lipinski definition) is 4. The summed E-state index contributed by atoms with van der Waals surface area (Å²) >= 11 is 5.61. The van der Waals surface area contributed by atoms with Gasteiger partial charge in [0.1, 0.15) is 0 Å². The zero-order valence-corrected chi connectivity index (χ0v) is 10.3. The Morgan fingerprint density at radius 1 is 1.40 bits per heavy atom. The predicted octanol–water partition coefficient (Wildman–Crippen LogP) is 2.48. The number of halogens is 1. The first kappa shape index (κ1) is 12.3. The van der Waals surface area contributed by atoms with Gasteiger partial charge in [-0.2, -0.15) is 0 Å². The Morgan fingerprint density at radius 3 is 2.67 bits per heavy atom. The maximum absolute atomic E-state index is 5.61. The summed E-state index contributed by atoms with van der Waals surface area (Å²) in [6.07, 6.45) is 1.69. The van der Waals surface area contributed by atoms with Gasteiger partial charge in [-0.1, -0.05) is 12.0 Å². The minimum absolute atomic E-state index is 0.416. The van der Waals surface area contributed by atoms with E-state index in [2.05, 4.69) is 35.9 Å². The monoisotopic (exact) mass is 231 g/mol. The SMILES string of the molecule is CCC(C)N(CC)c1nnc(CCCl)o1. The molecule has 0 N–H and O–H groups in total. The number of anilines is 1. The van der Waals surface area contributed by atoms with Gasteiger partial charge < -0.3 is 9.32 Å². The van der Waals surface area contributed by atoms with Crippen LogP contribution >= 0.6 is 11.6 Å². The van der Waals surface area contributed by atoms with E-state index in [0.717, 1.165) is 13.0 Å². The number of aryl methyl sites for hydroxylation is 1. The van der Waals surface area contributed by atoms with Crippen molar-refractivity contribution in [1.82, 2.24) is 10.2 Å². The van der Waals surface area contributed by atoms with Crippen molar-refractivity contribution in [3.8, 4) is 0 Å². The van der Waals surface area contributed by atoms with E-state index in [-0.39, 0.29) is 0 Å². The number of aromatic nitrogens is 2. The van der Waals surface area contributed by atoms with Gasteiger partial charge in [0.15, 0.2) is 0 Å². The highest BCUT2D eigenvalue weighted by Crippen LogP contribution is 2.16. The Balaban J connectivity index is 2.73. The molecule has 0 spiro atoms. The van der Waals surface area contributed by atoms with E-state index in [1.54, 1.807) is 0 Å². The molecule has 1 rings (SSSR count). The second-order valence-electron chi connectivity index (χ2n) is 3.46. The van der Waals surface area contributed by atoms with E-state index < -0.39 is 0 Å². The predicted molar refractivity (Wildman–Crippen MR) is 61.5 cm³/mol. The van der Waals surface area contributed by atoms with Crippen molar-refractivity contribution in [1.29, 1.82) is 0 Å². The summed E-state index contributed by atoms with van der Waals surface area (Å²) in [5.74, 6) is 1.12. The average molecular weight is 232 g/mol. The van der Waals surface area contributed by atoms with E-state index >= 15 is 0 Å². The highest BCUT2D eigenvalue weighted by Gasteiger charge is 2.17. The van der Waals surface area contributed by atoms with Crippen LogP contribution in [0.15, 0.2) is 4.42 Å². The third kappa shape index (κ3) is 3.09. The van der Waals surface area contributed by atoms with Crippen molar-refractivity contribution >= 4 is 17.6 Å². The molecule has 5 heteroatoms. The molecule has 15 heavy (non-hydrogen) atoms. The lowest BCUT2D eigenvalue weighted by Gasteiger charge is -2.24. The summed E-state index contributed by atoms with van der Waals surface area (Å²) in [6.45, 7) is 7.24. The van der Waals surface area contributed by atoms with E-state index in [0.29, 0.717) is 30.2 Å². The molecule has 0 bridgehead atoms. The molecule has 1 atom stereocenters. The van der Waals surface area contributed by atoms with Crippen molar-refractivity contribution in [3.05, 3.63) is 5.89 Å². The maximum Gasteiger partial charge on any atom is 0.318 e. The van der Waals surface area contributed by atoms with Crippen LogP contribution in [0.25, 0.3) is 0 Å². The molecule has 1 aromatic rings. The lowest BCUT2D eigenvalue weighted by molar-refractivity contribution is 0.469. The zero-order chi connectivity index (χ0) is 11.3. The maximum atomic E-state index is 5.61. The molecule has 0 amide bonds. The number of alkyl halides is 1. The smallest absolute Gasteiger partial charge is 0.318 e. The molecule has 0 aliphatic heterocycles. The highest BCUT2D eigenvalue weighted by atomic mass is 35.5. The standard InChI is InChI=1S/C10H18ClN3O/c1-4-8(3)14(5-2)10-13-12-9(15-10)6-7-11/h8H,4-7H2,1-3H3. The Kier molecular flexibility index (Phi) is 4.88. The van der Waals surface area contributed by atoms with Gasteiger partial charge in [-0.25, -0.2) is 0 Å². The molecule has 0 aliphatic carbocycles. The second kappa shape index (κ2) is 5.95. The minimum atomic E-state index is 0.416. The summed E-state index contributed by atoms with van der Waals surface area (Å²) in [4.78, 5) is 2.10. The largest absolute Gasteiger partial charge is 0.408 e. The van der Waals surface area contributed by atoms with Crippen LogP contribution in [0.5, 0.6) is 0 Å². The highest BCUT2D eigenvalue weighted by molar-refractivity contribution is 6.17. The first-order valence-electron chi connectivity index (χ1n) is 5.37. The van der Waals surface area contributed by atoms with Crippen molar-refractivity contribution in [2.75, 3.05) is 17.3 Å². The fourth-order valence-electron chi connectivity index (χ4n) is 1.40. The molecule has 0 aromatic carbocycles. The fourth-order valence-corrected chi connectivity index (χ4v) is 1.56. The molecular formula is C10H18ClN3O. The van der Waals surface area contributed by atoms with Crippen LogP contribution < -0.4 is 4.90 Å². The lowest BCUT2D eigenvalue weighted by Crippen LogP contribution is -2.32. The topological polar surface area (TPSA) is 42.2 Å². The zero-order valence-electron chi connectivity index (χ0n) is 9.53. The van der Waals surface area contributed by atoms with Crippen LogP contribution in [0.2, 0.25) is 0 Å². The first-order valence-corrected chi connectivity index (χ1v) is 5.91. The molecule has 0 saturated carbocycles. The van der Waals surface area contributed by atoms with Gasteiger partial charge in [-0.05, 0) is 20.3 Å². The average Bonchev–Trinajstić information content (AvgIpc) is 2.68. The number of nitrogens with zero attached hydrogens (tertiary/aromatic N) is 3. The van der Waals surface area contributed by atoms with Crippen LogP contribution in [0.4, 0.5) is 6.01 Å². The molecule has 0 radical (unpaired) electrons. The summed E-state index contributed by atoms with van der Waals surface area (Å²) in [7, 11) is 0. The summed E-state index contributed by atoms with van der Waals surface area (Å²) in [5, 5.41) is 7.97. The van der Waals surface area contributed by atoms with Crippen molar-refractivity contribution in [2.24, 2.45) is 0 Å². The normalized spacial score (nSPS) is 12.8. The molecular weight excluding hydrogens is 214 g/mol. The second-order valence-corrected chi connectivity index (χ2v) is 3.84. The number of rotatable bonds is 6. The van der Waals surface area contributed by atoms with E-state index in [1.807, 2.05) is 0 Å². The Hall–Kier alpha value is -0.770. The van der Waals surface area contributed by atoms with Crippen LogP contribution in [0.1, 0.15) is 33.1 Å². The molecule has 4 nitrogen and oxygen atoms in total. The van der Waals surface area contributed by atoms with E-state index in [4.69, 9.17) is 16.0 Å². The van der Waals surface area contributed by atoms with Gasteiger partial charge in [0.25, 0.3) is 0 Å². The van der Waals surface area contributed by atoms with Gasteiger partial charge in [0.2, 0.25) is 5.89 Å². The van der Waals surface area contributed by atoms with Gasteiger partial charge in [0, 0.05) is 24.9 Å². The summed E-state index contributed by atoms with van der Waals surface area (Å²) in [6, 6.07) is 1.02. The Labute approximate surface area is 95.6 Å². The van der Waals surface area contributed by atoms with Gasteiger partial charge >= 0.3 is 6.01 Å². The third-order valence-corrected chi connectivity index (χ3v) is 2.66. The van der Waals surface area contributed by atoms with Gasteiger partial charge in [-0.3, -0.25) is 0 Å². The van der Waals surface area contributed by atoms with Crippen LogP contribution in [0.3, 0.4) is 0 Å². The third-order valence-electron chi connectivity index (χ3n) is 2.47. The molecule has 0 fully saturated rings. The molecule has 1 aromatic heterocycles. The van der Waals surface area contributed by atoms with Crippen LogP contribution in [-0.2, 0) is 6.42 Å². The molecule has 1 heterocycles. The van der Waals surface area contributed by atoms with E-state index in [9.17, 15) is 0 Å². The Bertz CT molecular complexity index is 290. The van der Waals surface area contributed by atoms with Crippen LogP contribution in [0, 0.1) is 0 Å². The summed E-state index contributed by atoms with van der Waals surface area (Å²) < 4.78 is 5.52. The molecule has 0 aliphatic rings. The molecule has 1 unspecified atom stereocenters. The molecule has 86 valence electrons. The van der Waals surface area contributed by atoms with Crippen molar-refractivity contribution < 1.29 is 4.42 Å². The van der Waals surface area contributed by atoms with Gasteiger partial charge in [-0.15, -0.1) is 16.7 Å². The minimum Gasteiger partial charge on any atom is -0.408 e. The van der Waals surface area contributed by atoms with Crippen LogP contribution in [-0.4, -0.2) is 28.7 Å². The number of hydrogen-bond donors (Lipinski definition) is 0. The Morgan fingerprint density at radius 2 is 2.13 bits per heavy atom.